The Morgan fingerprint density at radius 2 is 1.75 bits per heavy atom. The lowest BCUT2D eigenvalue weighted by molar-refractivity contribution is -0.141. The molecule has 0 N–H and O–H groups in total. The summed E-state index contributed by atoms with van der Waals surface area (Å²) < 4.78 is 8.64. The van der Waals surface area contributed by atoms with Crippen molar-refractivity contribution in [2.45, 2.75) is 6.54 Å². The number of benzene rings is 1. The summed E-state index contributed by atoms with van der Waals surface area (Å²) in [5.74, 6) is -0.556. The Morgan fingerprint density at radius 3 is 2.38 bits per heavy atom. The number of carbonyl (C=O) groups is 1. The lowest BCUT2D eigenvalue weighted by Gasteiger charge is -2.10. The highest BCUT2D eigenvalue weighted by Gasteiger charge is 2.20. The molecule has 0 fully saturated rings. The van der Waals surface area contributed by atoms with Gasteiger partial charge in [-0.1, -0.05) is 30.3 Å². The van der Waals surface area contributed by atoms with E-state index in [4.69, 9.17) is 0 Å². The number of fused-ring (bicyclic) bond motifs is 1. The van der Waals surface area contributed by atoms with Gasteiger partial charge in [-0.2, -0.15) is 0 Å². The Balaban J connectivity index is 2.46. The van der Waals surface area contributed by atoms with Crippen LogP contribution in [0.1, 0.15) is 0 Å². The number of nitrogens with zero attached hydrogens (tertiary/aromatic N) is 3. The fourth-order valence-corrected chi connectivity index (χ4v) is 2.83. The first-order chi connectivity index (χ1) is 11.5. The SMILES string of the molecule is COC(=O)Cn1c(=O)n(C)c(=O)c2c1c(-c1ccccc1)cn2C. The van der Waals surface area contributed by atoms with Crippen molar-refractivity contribution in [1.29, 1.82) is 0 Å². The van der Waals surface area contributed by atoms with Gasteiger partial charge in [0.25, 0.3) is 5.56 Å². The van der Waals surface area contributed by atoms with Crippen LogP contribution in [0.5, 0.6) is 0 Å². The molecule has 3 aromatic rings. The smallest absolute Gasteiger partial charge is 0.331 e. The number of aryl methyl sites for hydroxylation is 1. The van der Waals surface area contributed by atoms with Crippen molar-refractivity contribution in [3.8, 4) is 11.1 Å². The zero-order chi connectivity index (χ0) is 17.4. The van der Waals surface area contributed by atoms with Gasteiger partial charge in [-0.3, -0.25) is 18.7 Å². The van der Waals surface area contributed by atoms with E-state index < -0.39 is 17.2 Å². The maximum atomic E-state index is 12.6. The van der Waals surface area contributed by atoms with Gasteiger partial charge in [0.1, 0.15) is 12.1 Å². The Labute approximate surface area is 137 Å². The van der Waals surface area contributed by atoms with Crippen LogP contribution in [0.25, 0.3) is 22.2 Å². The van der Waals surface area contributed by atoms with E-state index >= 15 is 0 Å². The van der Waals surface area contributed by atoms with E-state index in [0.717, 1.165) is 10.1 Å². The summed E-state index contributed by atoms with van der Waals surface area (Å²) in [5.41, 5.74) is 1.41. The molecule has 0 spiro atoms. The molecule has 3 rings (SSSR count). The van der Waals surface area contributed by atoms with Crippen LogP contribution < -0.4 is 11.2 Å². The molecule has 24 heavy (non-hydrogen) atoms. The lowest BCUT2D eigenvalue weighted by Crippen LogP contribution is -2.39. The van der Waals surface area contributed by atoms with Crippen molar-refractivity contribution < 1.29 is 9.53 Å². The first-order valence-electron chi connectivity index (χ1n) is 7.36. The van der Waals surface area contributed by atoms with E-state index in [0.29, 0.717) is 16.6 Å². The molecule has 2 aromatic heterocycles. The van der Waals surface area contributed by atoms with Crippen molar-refractivity contribution in [1.82, 2.24) is 13.7 Å². The molecule has 0 aliphatic carbocycles. The molecule has 0 saturated carbocycles. The van der Waals surface area contributed by atoms with Gasteiger partial charge < -0.3 is 9.30 Å². The van der Waals surface area contributed by atoms with Gasteiger partial charge in [0.05, 0.1) is 12.6 Å². The Bertz CT molecular complexity index is 1040. The predicted octanol–water partition coefficient (Wildman–Crippen LogP) is 0.879. The van der Waals surface area contributed by atoms with E-state index in [1.807, 2.05) is 30.3 Å². The van der Waals surface area contributed by atoms with Crippen molar-refractivity contribution in [2.75, 3.05) is 7.11 Å². The van der Waals surface area contributed by atoms with Crippen molar-refractivity contribution in [2.24, 2.45) is 14.1 Å². The minimum absolute atomic E-state index is 0.260. The fraction of sp³-hybridized carbons (Fsp3) is 0.235. The third-order valence-corrected chi connectivity index (χ3v) is 4.05. The average Bonchev–Trinajstić information content (AvgIpc) is 2.94. The largest absolute Gasteiger partial charge is 0.468 e. The third-order valence-electron chi connectivity index (χ3n) is 4.05. The maximum Gasteiger partial charge on any atom is 0.331 e. The number of esters is 1. The molecular formula is C17H17N3O4. The Hall–Kier alpha value is -3.09. The third kappa shape index (κ3) is 2.34. The molecular weight excluding hydrogens is 310 g/mol. The molecule has 7 nitrogen and oxygen atoms in total. The first-order valence-corrected chi connectivity index (χ1v) is 7.36. The standard InChI is InChI=1S/C17H17N3O4/c1-18-9-12(11-7-5-4-6-8-11)14-15(18)16(22)19(2)17(23)20(14)10-13(21)24-3/h4-9H,10H2,1-3H3. The van der Waals surface area contributed by atoms with Gasteiger partial charge >= 0.3 is 11.7 Å². The van der Waals surface area contributed by atoms with Gasteiger partial charge in [0, 0.05) is 25.9 Å². The summed E-state index contributed by atoms with van der Waals surface area (Å²) in [4.78, 5) is 36.8. The topological polar surface area (TPSA) is 75.2 Å². The summed E-state index contributed by atoms with van der Waals surface area (Å²) in [6.07, 6.45) is 1.79. The first kappa shape index (κ1) is 15.8. The van der Waals surface area contributed by atoms with Gasteiger partial charge in [-0.15, -0.1) is 0 Å². The molecule has 0 amide bonds. The molecule has 0 bridgehead atoms. The molecule has 0 saturated heterocycles. The van der Waals surface area contributed by atoms with Crippen molar-refractivity contribution >= 4 is 17.0 Å². The number of aromatic nitrogens is 3. The summed E-state index contributed by atoms with van der Waals surface area (Å²) in [6, 6.07) is 9.41. The molecule has 7 heteroatoms. The van der Waals surface area contributed by atoms with Crippen LogP contribution >= 0.6 is 0 Å². The molecule has 0 unspecified atom stereocenters. The number of carbonyl (C=O) groups excluding carboxylic acids is 1. The predicted molar refractivity (Wildman–Crippen MR) is 89.9 cm³/mol. The van der Waals surface area contributed by atoms with Crippen LogP contribution in [-0.2, 0) is 30.2 Å². The molecule has 1 aromatic carbocycles. The highest BCUT2D eigenvalue weighted by molar-refractivity contribution is 5.93. The van der Waals surface area contributed by atoms with Gasteiger partial charge in [0.15, 0.2) is 0 Å². The van der Waals surface area contributed by atoms with E-state index in [1.54, 1.807) is 17.8 Å². The number of hydrogen-bond donors (Lipinski definition) is 0. The molecule has 0 aliphatic heterocycles. The molecule has 124 valence electrons. The van der Waals surface area contributed by atoms with Crippen LogP contribution in [0.3, 0.4) is 0 Å². The molecule has 0 atom stereocenters. The van der Waals surface area contributed by atoms with E-state index in [2.05, 4.69) is 4.74 Å². The second kappa shape index (κ2) is 5.84. The zero-order valence-corrected chi connectivity index (χ0v) is 13.6. The van der Waals surface area contributed by atoms with E-state index in [9.17, 15) is 14.4 Å². The second-order valence-corrected chi connectivity index (χ2v) is 5.53. The fourth-order valence-electron chi connectivity index (χ4n) is 2.83. The molecule has 0 radical (unpaired) electrons. The molecule has 2 heterocycles. The highest BCUT2D eigenvalue weighted by atomic mass is 16.5. The Kier molecular flexibility index (Phi) is 3.84. The van der Waals surface area contributed by atoms with Gasteiger partial charge in [-0.25, -0.2) is 4.79 Å². The quantitative estimate of drug-likeness (QED) is 0.669. The number of methoxy groups -OCH3 is 1. The maximum absolute atomic E-state index is 12.6. The summed E-state index contributed by atoms with van der Waals surface area (Å²) in [5, 5.41) is 0. The van der Waals surface area contributed by atoms with E-state index in [1.165, 1.54) is 18.7 Å². The molecule has 0 aliphatic rings. The second-order valence-electron chi connectivity index (χ2n) is 5.53. The monoisotopic (exact) mass is 327 g/mol. The summed E-state index contributed by atoms with van der Waals surface area (Å²) >= 11 is 0. The number of hydrogen-bond acceptors (Lipinski definition) is 4. The number of ether oxygens (including phenoxy) is 1. The van der Waals surface area contributed by atoms with Crippen LogP contribution in [-0.4, -0.2) is 26.8 Å². The Morgan fingerprint density at radius 1 is 1.08 bits per heavy atom. The van der Waals surface area contributed by atoms with Crippen LogP contribution in [0.4, 0.5) is 0 Å². The van der Waals surface area contributed by atoms with Crippen LogP contribution in [0.2, 0.25) is 0 Å². The van der Waals surface area contributed by atoms with Gasteiger partial charge in [-0.05, 0) is 5.56 Å². The zero-order valence-electron chi connectivity index (χ0n) is 13.6. The summed E-state index contributed by atoms with van der Waals surface area (Å²) in [7, 11) is 4.39. The lowest BCUT2D eigenvalue weighted by atomic mass is 10.1. The minimum Gasteiger partial charge on any atom is -0.468 e. The highest BCUT2D eigenvalue weighted by Crippen LogP contribution is 2.27. The van der Waals surface area contributed by atoms with E-state index in [-0.39, 0.29) is 6.54 Å². The van der Waals surface area contributed by atoms with Crippen LogP contribution in [0, 0.1) is 0 Å². The summed E-state index contributed by atoms with van der Waals surface area (Å²) in [6.45, 7) is -0.260. The van der Waals surface area contributed by atoms with Crippen LogP contribution in [0.15, 0.2) is 46.1 Å². The minimum atomic E-state index is -0.556. The number of rotatable bonds is 3. The van der Waals surface area contributed by atoms with Gasteiger partial charge in [0.2, 0.25) is 0 Å². The normalized spacial score (nSPS) is 11.0. The van der Waals surface area contributed by atoms with Crippen molar-refractivity contribution in [3.63, 3.8) is 0 Å². The average molecular weight is 327 g/mol. The van der Waals surface area contributed by atoms with Crippen molar-refractivity contribution in [3.05, 3.63) is 57.4 Å².